The Morgan fingerprint density at radius 3 is 2.48 bits per heavy atom. The van der Waals surface area contributed by atoms with Crippen LogP contribution in [0.1, 0.15) is 34.5 Å². The second kappa shape index (κ2) is 7.26. The van der Waals surface area contributed by atoms with Crippen LogP contribution in [0.3, 0.4) is 0 Å². The molecule has 0 saturated carbocycles. The van der Waals surface area contributed by atoms with Crippen molar-refractivity contribution < 1.29 is 4.79 Å². The van der Waals surface area contributed by atoms with Gasteiger partial charge in [-0.3, -0.25) is 4.79 Å². The number of nitrogens with zero attached hydrogens (tertiary/aromatic N) is 2. The number of rotatable bonds is 4. The van der Waals surface area contributed by atoms with Gasteiger partial charge in [0, 0.05) is 18.8 Å². The van der Waals surface area contributed by atoms with Crippen molar-refractivity contribution in [2.45, 2.75) is 19.3 Å². The van der Waals surface area contributed by atoms with Crippen LogP contribution in [0.2, 0.25) is 0 Å². The van der Waals surface area contributed by atoms with Crippen LogP contribution >= 0.6 is 11.3 Å². The molecule has 0 spiro atoms. The third-order valence-electron chi connectivity index (χ3n) is 4.04. The number of allylic oxidation sites excluding steroid dienone is 1. The van der Waals surface area contributed by atoms with E-state index in [-0.39, 0.29) is 11.4 Å². The van der Waals surface area contributed by atoms with Crippen molar-refractivity contribution >= 4 is 28.9 Å². The van der Waals surface area contributed by atoms with E-state index in [2.05, 4.69) is 17.0 Å². The summed E-state index contributed by atoms with van der Waals surface area (Å²) in [7, 11) is 0. The fourth-order valence-corrected chi connectivity index (χ4v) is 3.47. The van der Waals surface area contributed by atoms with Gasteiger partial charge in [0.1, 0.15) is 11.6 Å². The first kappa shape index (κ1) is 15.5. The molecule has 1 aromatic heterocycles. The van der Waals surface area contributed by atoms with Gasteiger partial charge in [0.25, 0.3) is 0 Å². The summed E-state index contributed by atoms with van der Waals surface area (Å²) in [6.45, 7) is 2.21. The van der Waals surface area contributed by atoms with E-state index in [1.807, 2.05) is 29.6 Å². The van der Waals surface area contributed by atoms with Gasteiger partial charge in [-0.05, 0) is 54.5 Å². The maximum absolute atomic E-state index is 12.3. The van der Waals surface area contributed by atoms with Crippen molar-refractivity contribution in [1.82, 2.24) is 0 Å². The maximum Gasteiger partial charge on any atom is 0.213 e. The van der Waals surface area contributed by atoms with E-state index in [9.17, 15) is 10.1 Å². The molecule has 4 heteroatoms. The van der Waals surface area contributed by atoms with Crippen molar-refractivity contribution in [2.24, 2.45) is 0 Å². The third-order valence-corrected chi connectivity index (χ3v) is 4.90. The van der Waals surface area contributed by atoms with Gasteiger partial charge < -0.3 is 4.90 Å². The lowest BCUT2D eigenvalue weighted by atomic mass is 10.1. The maximum atomic E-state index is 12.3. The van der Waals surface area contributed by atoms with Gasteiger partial charge in [-0.1, -0.05) is 18.2 Å². The summed E-state index contributed by atoms with van der Waals surface area (Å²) < 4.78 is 0. The second-order valence-corrected chi connectivity index (χ2v) is 6.56. The minimum absolute atomic E-state index is 0.179. The van der Waals surface area contributed by atoms with Crippen molar-refractivity contribution in [3.63, 3.8) is 0 Å². The Bertz CT molecular complexity index is 733. The van der Waals surface area contributed by atoms with Crippen molar-refractivity contribution in [2.75, 3.05) is 18.0 Å². The molecule has 0 unspecified atom stereocenters. The van der Waals surface area contributed by atoms with Crippen molar-refractivity contribution in [3.05, 3.63) is 57.8 Å². The van der Waals surface area contributed by atoms with E-state index in [0.29, 0.717) is 4.88 Å². The van der Waals surface area contributed by atoms with E-state index in [1.165, 1.54) is 36.3 Å². The molecule has 1 fully saturated rings. The first-order chi connectivity index (χ1) is 11.3. The molecule has 3 rings (SSSR count). The first-order valence-corrected chi connectivity index (χ1v) is 8.71. The molecule has 1 saturated heterocycles. The Kier molecular flexibility index (Phi) is 4.89. The standard InChI is InChI=1S/C19H18N2OS/c20-14-16(19(22)18-5-4-12-23-18)13-15-6-8-17(9-7-15)21-10-2-1-3-11-21/h4-9,12-13H,1-3,10-11H2/b16-13+. The average molecular weight is 322 g/mol. The van der Waals surface area contributed by atoms with Crippen molar-refractivity contribution in [1.29, 1.82) is 5.26 Å². The molecule has 3 nitrogen and oxygen atoms in total. The van der Waals surface area contributed by atoms with E-state index in [1.54, 1.807) is 12.1 Å². The topological polar surface area (TPSA) is 44.1 Å². The predicted molar refractivity (Wildman–Crippen MR) is 94.7 cm³/mol. The van der Waals surface area contributed by atoms with E-state index >= 15 is 0 Å². The molecular weight excluding hydrogens is 304 g/mol. The molecule has 2 aromatic rings. The molecule has 1 aromatic carbocycles. The lowest BCUT2D eigenvalue weighted by Crippen LogP contribution is -2.29. The quantitative estimate of drug-likeness (QED) is 0.472. The summed E-state index contributed by atoms with van der Waals surface area (Å²) in [5, 5.41) is 11.1. The Labute approximate surface area is 140 Å². The summed E-state index contributed by atoms with van der Waals surface area (Å²) in [5.41, 5.74) is 2.27. The van der Waals surface area contributed by atoms with Crippen LogP contribution in [0.5, 0.6) is 0 Å². The van der Waals surface area contributed by atoms with Gasteiger partial charge >= 0.3 is 0 Å². The predicted octanol–water partition coefficient (Wildman–Crippen LogP) is 4.53. The fraction of sp³-hybridized carbons (Fsp3) is 0.263. The monoisotopic (exact) mass is 322 g/mol. The number of Topliss-reactive ketones (excluding diaryl/α,β-unsaturated/α-hetero) is 1. The number of hydrogen-bond donors (Lipinski definition) is 0. The van der Waals surface area contributed by atoms with Crippen molar-refractivity contribution in [3.8, 4) is 6.07 Å². The van der Waals surface area contributed by atoms with Crippen LogP contribution in [0, 0.1) is 11.3 Å². The molecule has 0 aliphatic carbocycles. The number of ketones is 1. The lowest BCUT2D eigenvalue weighted by Gasteiger charge is -2.28. The van der Waals surface area contributed by atoms with Crippen LogP contribution < -0.4 is 4.90 Å². The van der Waals surface area contributed by atoms with Gasteiger partial charge in [0.05, 0.1) is 4.88 Å². The van der Waals surface area contributed by atoms with Crippen LogP contribution in [-0.2, 0) is 0 Å². The highest BCUT2D eigenvalue weighted by Crippen LogP contribution is 2.22. The molecule has 2 heterocycles. The van der Waals surface area contributed by atoms with Crippen LogP contribution in [0.25, 0.3) is 6.08 Å². The zero-order valence-electron chi connectivity index (χ0n) is 12.9. The van der Waals surface area contributed by atoms with Gasteiger partial charge in [-0.25, -0.2) is 0 Å². The zero-order valence-corrected chi connectivity index (χ0v) is 13.7. The molecule has 1 aliphatic heterocycles. The minimum Gasteiger partial charge on any atom is -0.372 e. The molecule has 0 bridgehead atoms. The molecule has 116 valence electrons. The molecule has 0 amide bonds. The smallest absolute Gasteiger partial charge is 0.213 e. The Balaban J connectivity index is 1.78. The van der Waals surface area contributed by atoms with Gasteiger partial charge in [0.2, 0.25) is 5.78 Å². The summed E-state index contributed by atoms with van der Waals surface area (Å²) in [4.78, 5) is 15.3. The number of piperidine rings is 1. The molecule has 0 radical (unpaired) electrons. The normalized spacial score (nSPS) is 15.3. The molecule has 1 aliphatic rings. The largest absolute Gasteiger partial charge is 0.372 e. The van der Waals surface area contributed by atoms with Gasteiger partial charge in [-0.15, -0.1) is 11.3 Å². The molecule has 0 N–H and O–H groups in total. The molecule has 23 heavy (non-hydrogen) atoms. The number of anilines is 1. The van der Waals surface area contributed by atoms with E-state index in [4.69, 9.17) is 0 Å². The van der Waals surface area contributed by atoms with E-state index < -0.39 is 0 Å². The zero-order chi connectivity index (χ0) is 16.1. The number of carbonyl (C=O) groups excluding carboxylic acids is 1. The fourth-order valence-electron chi connectivity index (χ4n) is 2.79. The number of thiophene rings is 1. The van der Waals surface area contributed by atoms with Crippen LogP contribution in [-0.4, -0.2) is 18.9 Å². The summed E-state index contributed by atoms with van der Waals surface area (Å²) in [6.07, 6.45) is 5.47. The van der Waals surface area contributed by atoms with E-state index in [0.717, 1.165) is 18.7 Å². The first-order valence-electron chi connectivity index (χ1n) is 7.83. The Morgan fingerprint density at radius 2 is 1.87 bits per heavy atom. The molecule has 0 atom stereocenters. The SMILES string of the molecule is N#C/C(=C\c1ccc(N2CCCCC2)cc1)C(=O)c1cccs1. The highest BCUT2D eigenvalue weighted by molar-refractivity contribution is 7.12. The van der Waals surface area contributed by atoms with Gasteiger partial charge in [-0.2, -0.15) is 5.26 Å². The Morgan fingerprint density at radius 1 is 1.13 bits per heavy atom. The second-order valence-electron chi connectivity index (χ2n) is 5.62. The lowest BCUT2D eigenvalue weighted by molar-refractivity contribution is 0.104. The van der Waals surface area contributed by atoms with Crippen LogP contribution in [0.4, 0.5) is 5.69 Å². The van der Waals surface area contributed by atoms with Gasteiger partial charge in [0.15, 0.2) is 0 Å². The average Bonchev–Trinajstić information content (AvgIpc) is 3.15. The third kappa shape index (κ3) is 3.69. The number of carbonyl (C=O) groups is 1. The highest BCUT2D eigenvalue weighted by atomic mass is 32.1. The number of benzene rings is 1. The number of nitriles is 1. The molecular formula is C19H18N2OS. The summed E-state index contributed by atoms with van der Waals surface area (Å²) in [5.74, 6) is -0.206. The minimum atomic E-state index is -0.206. The highest BCUT2D eigenvalue weighted by Gasteiger charge is 2.13. The Hall–Kier alpha value is -2.38. The number of hydrogen-bond acceptors (Lipinski definition) is 4. The summed E-state index contributed by atoms with van der Waals surface area (Å²) >= 11 is 1.36. The van der Waals surface area contributed by atoms with Crippen LogP contribution in [0.15, 0.2) is 47.4 Å². The summed E-state index contributed by atoms with van der Waals surface area (Å²) in [6, 6.07) is 13.7.